The Balaban J connectivity index is 0.000000861. The van der Waals surface area contributed by atoms with Crippen molar-refractivity contribution in [3.63, 3.8) is 0 Å². The Bertz CT molecular complexity index is 365. The third-order valence-electron chi connectivity index (χ3n) is 3.18. The number of aromatic nitrogens is 1. The first-order valence-electron chi connectivity index (χ1n) is 6.75. The summed E-state index contributed by atoms with van der Waals surface area (Å²) in [4.78, 5) is 5.94. The molecule has 2 heterocycles. The highest BCUT2D eigenvalue weighted by Gasteiger charge is 2.31. The Kier molecular flexibility index (Phi) is 5.63. The van der Waals surface area contributed by atoms with E-state index in [9.17, 15) is 13.2 Å². The average molecular weight is 274 g/mol. The minimum atomic E-state index is -4.30. The SMILES string of the molecule is CC.CC1CCN(c2ccc(C(F)(F)F)cn2)CC1. The van der Waals surface area contributed by atoms with E-state index in [0.717, 1.165) is 38.2 Å². The molecule has 1 aliphatic heterocycles. The molecule has 0 aromatic carbocycles. The molecule has 1 aliphatic rings. The minimum absolute atomic E-state index is 0.643. The monoisotopic (exact) mass is 274 g/mol. The number of alkyl halides is 3. The van der Waals surface area contributed by atoms with Gasteiger partial charge in [-0.15, -0.1) is 0 Å². The standard InChI is InChI=1S/C12H15F3N2.C2H6/c1-9-4-6-17(7-5-9)11-3-2-10(8-16-11)12(13,14)15;1-2/h2-3,8-9H,4-7H2,1H3;1-2H3. The van der Waals surface area contributed by atoms with Gasteiger partial charge in [0.05, 0.1) is 5.56 Å². The van der Waals surface area contributed by atoms with Crippen LogP contribution in [0.25, 0.3) is 0 Å². The van der Waals surface area contributed by atoms with E-state index in [-0.39, 0.29) is 0 Å². The van der Waals surface area contributed by atoms with Gasteiger partial charge in [-0.1, -0.05) is 20.8 Å². The molecule has 0 unspecified atom stereocenters. The van der Waals surface area contributed by atoms with E-state index in [1.807, 2.05) is 18.7 Å². The van der Waals surface area contributed by atoms with Gasteiger partial charge in [-0.2, -0.15) is 13.2 Å². The molecule has 0 amide bonds. The highest BCUT2D eigenvalue weighted by atomic mass is 19.4. The number of nitrogens with zero attached hydrogens (tertiary/aromatic N) is 2. The molecule has 1 fully saturated rings. The van der Waals surface area contributed by atoms with E-state index in [1.165, 1.54) is 6.07 Å². The molecule has 0 radical (unpaired) electrons. The molecule has 5 heteroatoms. The Hall–Kier alpha value is -1.26. The van der Waals surface area contributed by atoms with Crippen LogP contribution < -0.4 is 4.90 Å². The largest absolute Gasteiger partial charge is 0.417 e. The molecule has 0 aliphatic carbocycles. The van der Waals surface area contributed by atoms with E-state index < -0.39 is 11.7 Å². The molecule has 0 N–H and O–H groups in total. The molecule has 1 saturated heterocycles. The second kappa shape index (κ2) is 6.78. The van der Waals surface area contributed by atoms with Crippen LogP contribution in [0, 0.1) is 5.92 Å². The Labute approximate surface area is 112 Å². The van der Waals surface area contributed by atoms with Gasteiger partial charge in [0.1, 0.15) is 5.82 Å². The minimum Gasteiger partial charge on any atom is -0.357 e. The molecule has 2 rings (SSSR count). The van der Waals surface area contributed by atoms with Crippen molar-refractivity contribution in [3.05, 3.63) is 23.9 Å². The van der Waals surface area contributed by atoms with Crippen LogP contribution in [0.5, 0.6) is 0 Å². The van der Waals surface area contributed by atoms with Gasteiger partial charge in [0.25, 0.3) is 0 Å². The third-order valence-corrected chi connectivity index (χ3v) is 3.18. The maximum absolute atomic E-state index is 12.4. The molecular weight excluding hydrogens is 253 g/mol. The normalized spacial score (nSPS) is 16.8. The fourth-order valence-electron chi connectivity index (χ4n) is 1.98. The summed E-state index contributed by atoms with van der Waals surface area (Å²) >= 11 is 0. The second-order valence-electron chi connectivity index (χ2n) is 4.57. The highest BCUT2D eigenvalue weighted by Crippen LogP contribution is 2.30. The lowest BCUT2D eigenvalue weighted by Gasteiger charge is -2.31. The lowest BCUT2D eigenvalue weighted by molar-refractivity contribution is -0.137. The van der Waals surface area contributed by atoms with Crippen LogP contribution in [0.15, 0.2) is 18.3 Å². The topological polar surface area (TPSA) is 16.1 Å². The first-order chi connectivity index (χ1) is 8.97. The summed E-state index contributed by atoms with van der Waals surface area (Å²) in [6, 6.07) is 2.55. The van der Waals surface area contributed by atoms with Gasteiger partial charge in [0.2, 0.25) is 0 Å². The maximum Gasteiger partial charge on any atom is 0.417 e. The van der Waals surface area contributed by atoms with Crippen LogP contribution in [0.2, 0.25) is 0 Å². The number of hydrogen-bond donors (Lipinski definition) is 0. The molecule has 0 bridgehead atoms. The zero-order chi connectivity index (χ0) is 14.5. The summed E-state index contributed by atoms with van der Waals surface area (Å²) < 4.78 is 37.1. The van der Waals surface area contributed by atoms with E-state index in [1.54, 1.807) is 0 Å². The van der Waals surface area contributed by atoms with E-state index in [0.29, 0.717) is 11.7 Å². The molecule has 0 saturated carbocycles. The summed E-state index contributed by atoms with van der Waals surface area (Å²) in [7, 11) is 0. The summed E-state index contributed by atoms with van der Waals surface area (Å²) in [5.41, 5.74) is -0.688. The van der Waals surface area contributed by atoms with Crippen molar-refractivity contribution >= 4 is 5.82 Å². The summed E-state index contributed by atoms with van der Waals surface area (Å²) in [5.74, 6) is 1.34. The number of anilines is 1. The molecule has 1 aromatic heterocycles. The van der Waals surface area contributed by atoms with Gasteiger partial charge in [-0.25, -0.2) is 4.98 Å². The van der Waals surface area contributed by atoms with Gasteiger partial charge in [0.15, 0.2) is 0 Å². The lowest BCUT2D eigenvalue weighted by atomic mass is 9.99. The molecular formula is C14H21F3N2. The van der Waals surface area contributed by atoms with Gasteiger partial charge in [-0.05, 0) is 30.9 Å². The van der Waals surface area contributed by atoms with Gasteiger partial charge in [-0.3, -0.25) is 0 Å². The summed E-state index contributed by atoms with van der Waals surface area (Å²) in [6.45, 7) is 7.94. The lowest BCUT2D eigenvalue weighted by Crippen LogP contribution is -2.33. The quantitative estimate of drug-likeness (QED) is 0.756. The average Bonchev–Trinajstić information content (AvgIpc) is 2.41. The van der Waals surface area contributed by atoms with Crippen LogP contribution in [0.3, 0.4) is 0 Å². The predicted octanol–water partition coefficient (Wildman–Crippen LogP) is 4.36. The van der Waals surface area contributed by atoms with Crippen molar-refractivity contribution in [2.45, 2.75) is 39.8 Å². The summed E-state index contributed by atoms with van der Waals surface area (Å²) in [5, 5.41) is 0. The third kappa shape index (κ3) is 4.40. The van der Waals surface area contributed by atoms with Crippen molar-refractivity contribution in [1.29, 1.82) is 0 Å². The number of pyridine rings is 1. The first kappa shape index (κ1) is 15.8. The fourth-order valence-corrected chi connectivity index (χ4v) is 1.98. The van der Waals surface area contributed by atoms with E-state index in [4.69, 9.17) is 0 Å². The fraction of sp³-hybridized carbons (Fsp3) is 0.643. The molecule has 2 nitrogen and oxygen atoms in total. The van der Waals surface area contributed by atoms with Gasteiger partial charge >= 0.3 is 6.18 Å². The number of halogens is 3. The van der Waals surface area contributed by atoms with Crippen LogP contribution >= 0.6 is 0 Å². The predicted molar refractivity (Wildman–Crippen MR) is 71.2 cm³/mol. The second-order valence-corrected chi connectivity index (χ2v) is 4.57. The molecule has 0 atom stereocenters. The van der Waals surface area contributed by atoms with E-state index >= 15 is 0 Å². The summed E-state index contributed by atoms with van der Waals surface area (Å²) in [6.07, 6.45) is -1.25. The molecule has 1 aromatic rings. The van der Waals surface area contributed by atoms with Crippen molar-refractivity contribution < 1.29 is 13.2 Å². The van der Waals surface area contributed by atoms with Crippen LogP contribution in [0.1, 0.15) is 39.2 Å². The molecule has 0 spiro atoms. The van der Waals surface area contributed by atoms with Gasteiger partial charge < -0.3 is 4.90 Å². The van der Waals surface area contributed by atoms with Crippen molar-refractivity contribution in [2.75, 3.05) is 18.0 Å². The van der Waals surface area contributed by atoms with Crippen molar-refractivity contribution in [1.82, 2.24) is 4.98 Å². The Morgan fingerprint density at radius 3 is 2.16 bits per heavy atom. The number of piperidine rings is 1. The van der Waals surface area contributed by atoms with E-state index in [2.05, 4.69) is 11.9 Å². The zero-order valence-electron chi connectivity index (χ0n) is 11.7. The maximum atomic E-state index is 12.4. The van der Waals surface area contributed by atoms with Crippen molar-refractivity contribution in [3.8, 4) is 0 Å². The number of hydrogen-bond acceptors (Lipinski definition) is 2. The Morgan fingerprint density at radius 1 is 1.16 bits per heavy atom. The van der Waals surface area contributed by atoms with Crippen LogP contribution in [0.4, 0.5) is 19.0 Å². The first-order valence-corrected chi connectivity index (χ1v) is 6.75. The smallest absolute Gasteiger partial charge is 0.357 e. The zero-order valence-corrected chi connectivity index (χ0v) is 11.7. The van der Waals surface area contributed by atoms with Crippen LogP contribution in [-0.2, 0) is 6.18 Å². The Morgan fingerprint density at radius 2 is 1.74 bits per heavy atom. The van der Waals surface area contributed by atoms with Crippen LogP contribution in [-0.4, -0.2) is 18.1 Å². The molecule has 19 heavy (non-hydrogen) atoms. The van der Waals surface area contributed by atoms with Crippen molar-refractivity contribution in [2.24, 2.45) is 5.92 Å². The highest BCUT2D eigenvalue weighted by molar-refractivity contribution is 5.40. The molecule has 108 valence electrons. The van der Waals surface area contributed by atoms with Gasteiger partial charge in [0, 0.05) is 19.3 Å². The number of rotatable bonds is 1.